The topological polar surface area (TPSA) is 89.2 Å². The van der Waals surface area contributed by atoms with Crippen molar-refractivity contribution in [1.29, 1.82) is 0 Å². The lowest BCUT2D eigenvalue weighted by molar-refractivity contribution is 0.234. The number of hydrogen-bond donors (Lipinski definition) is 4. The summed E-state index contributed by atoms with van der Waals surface area (Å²) in [6.07, 6.45) is 2.19. The summed E-state index contributed by atoms with van der Waals surface area (Å²) in [6, 6.07) is 17.7. The molecule has 0 atom stereocenters. The van der Waals surface area contributed by atoms with Crippen molar-refractivity contribution in [3.63, 3.8) is 0 Å². The van der Waals surface area contributed by atoms with Gasteiger partial charge in [-0.25, -0.2) is 9.98 Å². The van der Waals surface area contributed by atoms with Gasteiger partial charge in [0.1, 0.15) is 0 Å². The van der Waals surface area contributed by atoms with E-state index in [9.17, 15) is 10.4 Å². The maximum absolute atomic E-state index is 10.2. The predicted molar refractivity (Wildman–Crippen MR) is 139 cm³/mol. The summed E-state index contributed by atoms with van der Waals surface area (Å²) in [5.74, 6) is 0.750. The fourth-order valence-corrected chi connectivity index (χ4v) is 4.26. The third-order valence-electron chi connectivity index (χ3n) is 6.09. The number of benzene rings is 3. The minimum absolute atomic E-state index is 0.375. The van der Waals surface area contributed by atoms with E-state index in [-0.39, 0.29) is 0 Å². The van der Waals surface area contributed by atoms with Gasteiger partial charge in [-0.05, 0) is 73.1 Å². The molecule has 3 aromatic carbocycles. The van der Waals surface area contributed by atoms with Gasteiger partial charge in [0, 0.05) is 11.1 Å². The zero-order valence-corrected chi connectivity index (χ0v) is 20.6. The van der Waals surface area contributed by atoms with E-state index in [1.165, 1.54) is 0 Å². The van der Waals surface area contributed by atoms with Crippen LogP contribution in [0, 0.1) is 13.8 Å². The van der Waals surface area contributed by atoms with Crippen molar-refractivity contribution in [2.24, 2.45) is 9.98 Å². The van der Waals surface area contributed by atoms with Crippen LogP contribution in [0.2, 0.25) is 0 Å². The van der Waals surface area contributed by atoms with Crippen molar-refractivity contribution in [2.45, 2.75) is 53.9 Å². The van der Waals surface area contributed by atoms with Crippen molar-refractivity contribution in [3.05, 3.63) is 93.5 Å². The SMILES string of the molecule is CCc1cc(CC)c(C(=Nc2ccccc2C)NO)c(CC)c1C(=Nc1ccccc1C)NO. The molecule has 0 heterocycles. The monoisotopic (exact) mass is 458 g/mol. The molecule has 0 aromatic heterocycles. The first kappa shape index (κ1) is 25.1. The molecule has 0 bridgehead atoms. The lowest BCUT2D eigenvalue weighted by Gasteiger charge is -2.22. The molecule has 0 amide bonds. The van der Waals surface area contributed by atoms with Crippen molar-refractivity contribution in [2.75, 3.05) is 0 Å². The van der Waals surface area contributed by atoms with Gasteiger partial charge in [-0.1, -0.05) is 63.2 Å². The molecule has 0 saturated carbocycles. The Labute approximate surface area is 202 Å². The molecule has 0 unspecified atom stereocenters. The van der Waals surface area contributed by atoms with Gasteiger partial charge < -0.3 is 0 Å². The molecule has 6 nitrogen and oxygen atoms in total. The summed E-state index contributed by atoms with van der Waals surface area (Å²) in [6.45, 7) is 10.2. The molecule has 178 valence electrons. The van der Waals surface area contributed by atoms with Gasteiger partial charge in [0.05, 0.1) is 11.4 Å². The second-order valence-corrected chi connectivity index (χ2v) is 8.20. The van der Waals surface area contributed by atoms with E-state index in [2.05, 4.69) is 37.8 Å². The summed E-state index contributed by atoms with van der Waals surface area (Å²) >= 11 is 0. The summed E-state index contributed by atoms with van der Waals surface area (Å²) in [5.41, 5.74) is 13.0. The van der Waals surface area contributed by atoms with Crippen LogP contribution in [0.15, 0.2) is 64.6 Å². The highest BCUT2D eigenvalue weighted by Gasteiger charge is 2.23. The van der Waals surface area contributed by atoms with E-state index in [0.29, 0.717) is 18.1 Å². The first-order chi connectivity index (χ1) is 16.5. The third kappa shape index (κ3) is 5.19. The molecule has 0 aliphatic carbocycles. The number of rotatable bonds is 7. The van der Waals surface area contributed by atoms with Gasteiger partial charge in [0.2, 0.25) is 0 Å². The van der Waals surface area contributed by atoms with Crippen LogP contribution in [0.3, 0.4) is 0 Å². The Kier molecular flexibility index (Phi) is 8.57. The minimum Gasteiger partial charge on any atom is -0.290 e. The van der Waals surface area contributed by atoms with Gasteiger partial charge in [-0.2, -0.15) is 0 Å². The number of aryl methyl sites for hydroxylation is 4. The predicted octanol–water partition coefficient (Wildman–Crippen LogP) is 6.10. The van der Waals surface area contributed by atoms with Crippen LogP contribution in [-0.2, 0) is 19.3 Å². The molecule has 0 spiro atoms. The third-order valence-corrected chi connectivity index (χ3v) is 6.09. The fourth-order valence-electron chi connectivity index (χ4n) is 4.26. The lowest BCUT2D eigenvalue weighted by Crippen LogP contribution is -2.29. The van der Waals surface area contributed by atoms with Crippen molar-refractivity contribution in [1.82, 2.24) is 11.0 Å². The summed E-state index contributed by atoms with van der Waals surface area (Å²) < 4.78 is 0. The zero-order chi connectivity index (χ0) is 24.7. The molecule has 0 fully saturated rings. The minimum atomic E-state index is 0.375. The Morgan fingerprint density at radius 3 is 1.41 bits per heavy atom. The van der Waals surface area contributed by atoms with E-state index in [0.717, 1.165) is 63.2 Å². The number of nitrogens with one attached hydrogen (secondary N) is 2. The molecule has 6 heteroatoms. The van der Waals surface area contributed by atoms with Crippen LogP contribution in [0.4, 0.5) is 11.4 Å². The van der Waals surface area contributed by atoms with E-state index in [4.69, 9.17) is 9.98 Å². The molecule has 34 heavy (non-hydrogen) atoms. The van der Waals surface area contributed by atoms with Crippen molar-refractivity contribution >= 4 is 23.0 Å². The van der Waals surface area contributed by atoms with E-state index < -0.39 is 0 Å². The zero-order valence-electron chi connectivity index (χ0n) is 20.6. The van der Waals surface area contributed by atoms with Gasteiger partial charge in [-0.3, -0.25) is 21.4 Å². The maximum atomic E-state index is 10.2. The molecule has 4 N–H and O–H groups in total. The average molecular weight is 459 g/mol. The fraction of sp³-hybridized carbons (Fsp3) is 0.286. The van der Waals surface area contributed by atoms with Gasteiger partial charge >= 0.3 is 0 Å². The second-order valence-electron chi connectivity index (χ2n) is 8.20. The van der Waals surface area contributed by atoms with E-state index in [1.807, 2.05) is 62.4 Å². The molecule has 3 rings (SSSR count). The summed E-state index contributed by atoms with van der Waals surface area (Å²) in [5, 5.41) is 20.4. The highest BCUT2D eigenvalue weighted by atomic mass is 16.5. The van der Waals surface area contributed by atoms with E-state index >= 15 is 0 Å². The van der Waals surface area contributed by atoms with Crippen LogP contribution >= 0.6 is 0 Å². The van der Waals surface area contributed by atoms with Crippen LogP contribution in [0.1, 0.15) is 59.7 Å². The number of aliphatic imine (C=N–C) groups is 2. The highest BCUT2D eigenvalue weighted by Crippen LogP contribution is 2.29. The van der Waals surface area contributed by atoms with Gasteiger partial charge in [-0.15, -0.1) is 0 Å². The first-order valence-electron chi connectivity index (χ1n) is 11.8. The van der Waals surface area contributed by atoms with Crippen LogP contribution in [0.25, 0.3) is 0 Å². The molecule has 0 aliphatic heterocycles. The largest absolute Gasteiger partial charge is 0.290 e. The quantitative estimate of drug-likeness (QED) is 0.195. The Balaban J connectivity index is 2.35. The molecular weight excluding hydrogens is 424 g/mol. The molecule has 0 aliphatic rings. The number of nitrogens with zero attached hydrogens (tertiary/aromatic N) is 2. The molecular formula is C28H34N4O2. The van der Waals surface area contributed by atoms with Crippen LogP contribution < -0.4 is 11.0 Å². The number of amidine groups is 2. The smallest absolute Gasteiger partial charge is 0.158 e. The van der Waals surface area contributed by atoms with Crippen molar-refractivity contribution in [3.8, 4) is 0 Å². The lowest BCUT2D eigenvalue weighted by atomic mass is 9.87. The van der Waals surface area contributed by atoms with Crippen molar-refractivity contribution < 1.29 is 10.4 Å². The Morgan fingerprint density at radius 1 is 0.676 bits per heavy atom. The highest BCUT2D eigenvalue weighted by molar-refractivity contribution is 6.08. The number of para-hydroxylation sites is 2. The van der Waals surface area contributed by atoms with E-state index in [1.54, 1.807) is 0 Å². The normalized spacial score (nSPS) is 12.1. The molecule has 0 radical (unpaired) electrons. The maximum Gasteiger partial charge on any atom is 0.158 e. The van der Waals surface area contributed by atoms with Crippen LogP contribution in [-0.4, -0.2) is 22.1 Å². The van der Waals surface area contributed by atoms with Gasteiger partial charge in [0.15, 0.2) is 11.7 Å². The Bertz CT molecular complexity index is 1130. The van der Waals surface area contributed by atoms with Crippen LogP contribution in [0.5, 0.6) is 0 Å². The summed E-state index contributed by atoms with van der Waals surface area (Å²) in [4.78, 5) is 9.55. The molecule has 3 aromatic rings. The first-order valence-corrected chi connectivity index (χ1v) is 11.8. The van der Waals surface area contributed by atoms with Gasteiger partial charge in [0.25, 0.3) is 0 Å². The average Bonchev–Trinajstić information content (AvgIpc) is 2.86. The standard InChI is InChI=1S/C28H34N4O2/c1-6-20-17-21(7-2)26(28(32-34)30-24-16-12-10-14-19(24)5)22(8-3)25(20)27(31-33)29-23-15-11-9-13-18(23)4/h9-17,33-34H,6-8H2,1-5H3,(H,29,31)(H,30,32). The Morgan fingerprint density at radius 2 is 1.09 bits per heavy atom. The number of hydroxylamine groups is 2. The molecule has 0 saturated heterocycles. The number of hydrogen-bond acceptors (Lipinski definition) is 4. The Hall–Kier alpha value is -3.48. The summed E-state index contributed by atoms with van der Waals surface area (Å²) in [7, 11) is 0. The second kappa shape index (κ2) is 11.6.